The highest BCUT2D eigenvalue weighted by Crippen LogP contribution is 2.32. The minimum absolute atomic E-state index is 0.0114. The van der Waals surface area contributed by atoms with Gasteiger partial charge in [0.15, 0.2) is 0 Å². The predicted octanol–water partition coefficient (Wildman–Crippen LogP) is 3.69. The second kappa shape index (κ2) is 9.00. The van der Waals surface area contributed by atoms with E-state index in [-0.39, 0.29) is 24.2 Å². The molecule has 3 aromatic rings. The molecular formula is C25H25BrN4O2. The number of hydrogen-bond donors (Lipinski definition) is 0. The Morgan fingerprint density at radius 2 is 1.78 bits per heavy atom. The Morgan fingerprint density at radius 3 is 2.59 bits per heavy atom. The molecule has 2 saturated heterocycles. The van der Waals surface area contributed by atoms with Gasteiger partial charge < -0.3 is 9.80 Å². The number of nitrogens with zero attached hydrogens (tertiary/aromatic N) is 4. The van der Waals surface area contributed by atoms with Crippen LogP contribution < -0.4 is 4.90 Å². The first kappa shape index (κ1) is 21.1. The molecule has 0 saturated carbocycles. The van der Waals surface area contributed by atoms with Crippen LogP contribution >= 0.6 is 15.9 Å². The van der Waals surface area contributed by atoms with Crippen molar-refractivity contribution in [1.29, 1.82) is 0 Å². The molecule has 1 unspecified atom stereocenters. The summed E-state index contributed by atoms with van der Waals surface area (Å²) < 4.78 is 0.873. The molecule has 7 heteroatoms. The highest BCUT2D eigenvalue weighted by Gasteiger charge is 2.38. The van der Waals surface area contributed by atoms with Gasteiger partial charge in [-0.05, 0) is 39.7 Å². The maximum atomic E-state index is 13.2. The minimum Gasteiger partial charge on any atom is -0.340 e. The Kier molecular flexibility index (Phi) is 5.93. The van der Waals surface area contributed by atoms with Crippen LogP contribution in [0, 0.1) is 5.92 Å². The van der Waals surface area contributed by atoms with Crippen LogP contribution in [0.2, 0.25) is 0 Å². The number of pyridine rings is 1. The number of rotatable bonds is 4. The molecule has 0 spiro atoms. The van der Waals surface area contributed by atoms with Gasteiger partial charge in [-0.1, -0.05) is 36.4 Å². The van der Waals surface area contributed by atoms with E-state index in [1.807, 2.05) is 41.4 Å². The van der Waals surface area contributed by atoms with Crippen LogP contribution in [0.1, 0.15) is 12.0 Å². The van der Waals surface area contributed by atoms with E-state index in [1.165, 1.54) is 5.56 Å². The molecule has 1 atom stereocenters. The molecular weight excluding hydrogens is 468 g/mol. The van der Waals surface area contributed by atoms with Gasteiger partial charge in [0.05, 0.1) is 17.1 Å². The van der Waals surface area contributed by atoms with Gasteiger partial charge in [-0.2, -0.15) is 0 Å². The van der Waals surface area contributed by atoms with E-state index >= 15 is 0 Å². The van der Waals surface area contributed by atoms with E-state index in [1.54, 1.807) is 4.90 Å². The number of aromatic nitrogens is 1. The number of para-hydroxylation sites is 2. The molecule has 1 aromatic heterocycles. The fourth-order valence-electron chi connectivity index (χ4n) is 4.70. The first-order valence-corrected chi connectivity index (χ1v) is 11.8. The summed E-state index contributed by atoms with van der Waals surface area (Å²) in [5.41, 5.74) is 3.10. The highest BCUT2D eigenvalue weighted by molar-refractivity contribution is 9.10. The summed E-state index contributed by atoms with van der Waals surface area (Å²) in [6, 6.07) is 18.0. The van der Waals surface area contributed by atoms with Crippen LogP contribution in [-0.2, 0) is 16.1 Å². The summed E-state index contributed by atoms with van der Waals surface area (Å²) in [4.78, 5) is 36.4. The van der Waals surface area contributed by atoms with Crippen LogP contribution in [0.3, 0.4) is 0 Å². The highest BCUT2D eigenvalue weighted by atomic mass is 79.9. The standard InChI is InChI=1S/C25H25BrN4O2/c26-21-8-1-2-9-22(21)30-17-20(15-23(30)31)25(32)29-13-11-28(12-14-29)16-19-6-3-5-18-7-4-10-27-24(18)19/h1-10,20H,11-17H2. The molecule has 2 fully saturated rings. The van der Waals surface area contributed by atoms with Crippen LogP contribution in [0.25, 0.3) is 10.9 Å². The second-order valence-electron chi connectivity index (χ2n) is 8.45. The Hall–Kier alpha value is -2.77. The van der Waals surface area contributed by atoms with Gasteiger partial charge in [0.25, 0.3) is 0 Å². The number of halogens is 1. The molecule has 0 aliphatic carbocycles. The predicted molar refractivity (Wildman–Crippen MR) is 128 cm³/mol. The van der Waals surface area contributed by atoms with Crippen LogP contribution in [-0.4, -0.2) is 59.3 Å². The normalized spacial score (nSPS) is 19.7. The van der Waals surface area contributed by atoms with E-state index in [0.29, 0.717) is 19.6 Å². The molecule has 164 valence electrons. The van der Waals surface area contributed by atoms with Gasteiger partial charge in [0, 0.05) is 61.7 Å². The van der Waals surface area contributed by atoms with Crippen LogP contribution in [0.4, 0.5) is 5.69 Å². The lowest BCUT2D eigenvalue weighted by Crippen LogP contribution is -2.50. The van der Waals surface area contributed by atoms with E-state index in [0.717, 1.165) is 40.7 Å². The maximum Gasteiger partial charge on any atom is 0.228 e. The number of hydrogen-bond acceptors (Lipinski definition) is 4. The third-order valence-corrected chi connectivity index (χ3v) is 7.08. The zero-order valence-corrected chi connectivity index (χ0v) is 19.4. The van der Waals surface area contributed by atoms with Crippen LogP contribution in [0.15, 0.2) is 65.3 Å². The van der Waals surface area contributed by atoms with Gasteiger partial charge in [0.2, 0.25) is 11.8 Å². The lowest BCUT2D eigenvalue weighted by molar-refractivity contribution is -0.137. The summed E-state index contributed by atoms with van der Waals surface area (Å²) in [6.07, 6.45) is 2.12. The minimum atomic E-state index is -0.275. The third kappa shape index (κ3) is 4.14. The molecule has 2 aliphatic rings. The molecule has 6 nitrogen and oxygen atoms in total. The van der Waals surface area contributed by atoms with Crippen molar-refractivity contribution >= 4 is 44.3 Å². The van der Waals surface area contributed by atoms with Gasteiger partial charge in [-0.3, -0.25) is 19.5 Å². The molecule has 0 radical (unpaired) electrons. The van der Waals surface area contributed by atoms with Crippen molar-refractivity contribution < 1.29 is 9.59 Å². The van der Waals surface area contributed by atoms with Crippen molar-refractivity contribution in [2.75, 3.05) is 37.6 Å². The summed E-state index contributed by atoms with van der Waals surface area (Å²) in [5, 5.41) is 1.15. The fourth-order valence-corrected chi connectivity index (χ4v) is 5.20. The molecule has 5 rings (SSSR count). The quantitative estimate of drug-likeness (QED) is 0.557. The number of benzene rings is 2. The van der Waals surface area contributed by atoms with Gasteiger partial charge >= 0.3 is 0 Å². The lowest BCUT2D eigenvalue weighted by Gasteiger charge is -2.36. The second-order valence-corrected chi connectivity index (χ2v) is 9.30. The molecule has 2 aliphatic heterocycles. The van der Waals surface area contributed by atoms with Crippen molar-refractivity contribution in [2.24, 2.45) is 5.92 Å². The average Bonchev–Trinajstić information content (AvgIpc) is 3.21. The van der Waals surface area contributed by atoms with E-state index < -0.39 is 0 Å². The van der Waals surface area contributed by atoms with E-state index in [9.17, 15) is 9.59 Å². The lowest BCUT2D eigenvalue weighted by atomic mass is 10.1. The van der Waals surface area contributed by atoms with Crippen molar-refractivity contribution in [2.45, 2.75) is 13.0 Å². The molecule has 2 aromatic carbocycles. The largest absolute Gasteiger partial charge is 0.340 e. The number of fused-ring (bicyclic) bond motifs is 1. The van der Waals surface area contributed by atoms with Gasteiger partial charge in [0.1, 0.15) is 0 Å². The molecule has 0 bridgehead atoms. The average molecular weight is 493 g/mol. The zero-order chi connectivity index (χ0) is 22.1. The summed E-state index contributed by atoms with van der Waals surface area (Å²) in [5.74, 6) is -0.167. The van der Waals surface area contributed by atoms with Crippen LogP contribution in [0.5, 0.6) is 0 Å². The first-order valence-electron chi connectivity index (χ1n) is 11.0. The van der Waals surface area contributed by atoms with E-state index in [2.05, 4.69) is 50.1 Å². The van der Waals surface area contributed by atoms with Crippen molar-refractivity contribution in [3.05, 3.63) is 70.8 Å². The van der Waals surface area contributed by atoms with Crippen molar-refractivity contribution in [3.8, 4) is 0 Å². The van der Waals surface area contributed by atoms with E-state index in [4.69, 9.17) is 0 Å². The summed E-state index contributed by atoms with van der Waals surface area (Å²) >= 11 is 3.52. The molecule has 0 N–H and O–H groups in total. The Balaban J connectivity index is 1.20. The van der Waals surface area contributed by atoms with Gasteiger partial charge in [-0.15, -0.1) is 0 Å². The summed E-state index contributed by atoms with van der Waals surface area (Å²) in [6.45, 7) is 4.30. The monoisotopic (exact) mass is 492 g/mol. The molecule has 32 heavy (non-hydrogen) atoms. The number of anilines is 1. The number of amides is 2. The Bertz CT molecular complexity index is 1150. The van der Waals surface area contributed by atoms with Gasteiger partial charge in [-0.25, -0.2) is 0 Å². The van der Waals surface area contributed by atoms with Crippen molar-refractivity contribution in [1.82, 2.24) is 14.8 Å². The third-order valence-electron chi connectivity index (χ3n) is 6.41. The topological polar surface area (TPSA) is 56.8 Å². The SMILES string of the molecule is O=C(C1CC(=O)N(c2ccccc2Br)C1)N1CCN(Cc2cccc3cccnc23)CC1. The molecule has 2 amide bonds. The first-order chi connectivity index (χ1) is 15.6. The summed E-state index contributed by atoms with van der Waals surface area (Å²) in [7, 11) is 0. The number of carbonyl (C=O) groups is 2. The number of piperazine rings is 1. The smallest absolute Gasteiger partial charge is 0.228 e. The number of carbonyl (C=O) groups excluding carboxylic acids is 2. The Labute approximate surface area is 195 Å². The molecule has 3 heterocycles. The Morgan fingerprint density at radius 1 is 1.00 bits per heavy atom. The van der Waals surface area contributed by atoms with Crippen molar-refractivity contribution in [3.63, 3.8) is 0 Å². The fraction of sp³-hybridized carbons (Fsp3) is 0.320. The maximum absolute atomic E-state index is 13.2. The zero-order valence-electron chi connectivity index (χ0n) is 17.8.